The summed E-state index contributed by atoms with van der Waals surface area (Å²) in [6.07, 6.45) is 2.16. The number of carbonyl (C=O) groups excluding carboxylic acids is 1. The topological polar surface area (TPSA) is 48.0 Å². The van der Waals surface area contributed by atoms with Crippen LogP contribution in [-0.4, -0.2) is 42.5 Å². The molecule has 0 atom stereocenters. The van der Waals surface area contributed by atoms with Gasteiger partial charge in [-0.3, -0.25) is 9.69 Å². The maximum Gasteiger partial charge on any atom is 0.269 e. The van der Waals surface area contributed by atoms with Gasteiger partial charge in [0.15, 0.2) is 11.5 Å². The van der Waals surface area contributed by atoms with E-state index in [0.29, 0.717) is 40.3 Å². The zero-order valence-corrected chi connectivity index (χ0v) is 15.0. The number of benzene rings is 1. The van der Waals surface area contributed by atoms with Gasteiger partial charge in [0.25, 0.3) is 5.91 Å². The number of ether oxygens (including phenoxy) is 3. The second-order valence-electron chi connectivity index (χ2n) is 4.70. The smallest absolute Gasteiger partial charge is 0.269 e. The lowest BCUT2D eigenvalue weighted by atomic mass is 10.1. The highest BCUT2D eigenvalue weighted by Crippen LogP contribution is 2.32. The molecule has 1 aromatic carbocycles. The number of carbonyl (C=O) groups is 1. The maximum absolute atomic E-state index is 12.3. The van der Waals surface area contributed by atoms with Gasteiger partial charge in [-0.2, -0.15) is 0 Å². The molecule has 0 spiro atoms. The number of thioether (sulfide) groups is 1. The first-order valence-electron chi connectivity index (χ1n) is 7.17. The SMILES string of the molecule is CCO/C=C1\SC(=S)N(CCc2ccc(OC)c(OC)c2)C1=O. The molecule has 5 nitrogen and oxygen atoms in total. The van der Waals surface area contributed by atoms with E-state index in [1.807, 2.05) is 25.1 Å². The Bertz CT molecular complexity index is 631. The fraction of sp³-hybridized carbons (Fsp3) is 0.375. The standard InChI is InChI=1S/C16H19NO4S2/c1-4-21-10-14-15(18)17(16(22)23-14)8-7-11-5-6-12(19-2)13(9-11)20-3/h5-6,9-10H,4,7-8H2,1-3H3/b14-10-. The van der Waals surface area contributed by atoms with Crippen LogP contribution >= 0.6 is 24.0 Å². The number of hydrogen-bond donors (Lipinski definition) is 0. The highest BCUT2D eigenvalue weighted by atomic mass is 32.2. The molecule has 7 heteroatoms. The van der Waals surface area contributed by atoms with E-state index in [9.17, 15) is 4.79 Å². The van der Waals surface area contributed by atoms with Gasteiger partial charge in [0.05, 0.1) is 20.8 Å². The van der Waals surface area contributed by atoms with E-state index in [4.69, 9.17) is 26.4 Å². The van der Waals surface area contributed by atoms with Crippen LogP contribution in [0.1, 0.15) is 12.5 Å². The van der Waals surface area contributed by atoms with E-state index in [0.717, 1.165) is 5.56 Å². The minimum atomic E-state index is -0.103. The summed E-state index contributed by atoms with van der Waals surface area (Å²) in [6, 6.07) is 5.72. The van der Waals surface area contributed by atoms with Crippen molar-refractivity contribution in [3.05, 3.63) is 34.9 Å². The molecule has 0 radical (unpaired) electrons. The van der Waals surface area contributed by atoms with Crippen LogP contribution in [0.5, 0.6) is 11.5 Å². The van der Waals surface area contributed by atoms with Crippen molar-refractivity contribution >= 4 is 34.2 Å². The van der Waals surface area contributed by atoms with Crippen LogP contribution in [0.4, 0.5) is 0 Å². The van der Waals surface area contributed by atoms with Crippen molar-refractivity contribution in [2.75, 3.05) is 27.4 Å². The van der Waals surface area contributed by atoms with Gasteiger partial charge >= 0.3 is 0 Å². The van der Waals surface area contributed by atoms with Crippen LogP contribution in [0.15, 0.2) is 29.4 Å². The Hall–Kier alpha value is -1.73. The Morgan fingerprint density at radius 2 is 2.00 bits per heavy atom. The highest BCUT2D eigenvalue weighted by Gasteiger charge is 2.32. The van der Waals surface area contributed by atoms with Crippen LogP contribution in [0, 0.1) is 0 Å². The van der Waals surface area contributed by atoms with Gasteiger partial charge in [-0.15, -0.1) is 0 Å². The molecular weight excluding hydrogens is 334 g/mol. The number of hydrogen-bond acceptors (Lipinski definition) is 6. The van der Waals surface area contributed by atoms with Crippen LogP contribution < -0.4 is 9.47 Å². The fourth-order valence-corrected chi connectivity index (χ4v) is 3.34. The number of rotatable bonds is 7. The van der Waals surface area contributed by atoms with E-state index in [1.165, 1.54) is 18.0 Å². The van der Waals surface area contributed by atoms with Gasteiger partial charge in [0.1, 0.15) is 15.5 Å². The first-order chi connectivity index (χ1) is 11.1. The third-order valence-electron chi connectivity index (χ3n) is 3.30. The second kappa shape index (κ2) is 8.21. The van der Waals surface area contributed by atoms with E-state index < -0.39 is 0 Å². The molecule has 23 heavy (non-hydrogen) atoms. The molecule has 1 fully saturated rings. The van der Waals surface area contributed by atoms with Crippen LogP contribution in [-0.2, 0) is 16.0 Å². The van der Waals surface area contributed by atoms with Crippen molar-refractivity contribution in [1.29, 1.82) is 0 Å². The minimum Gasteiger partial charge on any atom is -0.500 e. The van der Waals surface area contributed by atoms with Crippen molar-refractivity contribution in [2.24, 2.45) is 0 Å². The molecular formula is C16H19NO4S2. The quantitative estimate of drug-likeness (QED) is 0.427. The van der Waals surface area contributed by atoms with Gasteiger partial charge in [-0.25, -0.2) is 0 Å². The molecule has 1 aliphatic rings. The Morgan fingerprint density at radius 3 is 2.65 bits per heavy atom. The van der Waals surface area contributed by atoms with Gasteiger partial charge in [-0.1, -0.05) is 30.0 Å². The lowest BCUT2D eigenvalue weighted by Gasteiger charge is -2.15. The molecule has 0 unspecified atom stereocenters. The summed E-state index contributed by atoms with van der Waals surface area (Å²) in [5, 5.41) is 0. The lowest BCUT2D eigenvalue weighted by molar-refractivity contribution is -0.122. The summed E-state index contributed by atoms with van der Waals surface area (Å²) < 4.78 is 16.3. The summed E-state index contributed by atoms with van der Waals surface area (Å²) in [5.41, 5.74) is 1.05. The van der Waals surface area contributed by atoms with Crippen molar-refractivity contribution in [3.63, 3.8) is 0 Å². The predicted molar refractivity (Wildman–Crippen MR) is 94.9 cm³/mol. The summed E-state index contributed by atoms with van der Waals surface area (Å²) in [7, 11) is 3.20. The van der Waals surface area contributed by atoms with Crippen LogP contribution in [0.25, 0.3) is 0 Å². The molecule has 0 saturated carbocycles. The Balaban J connectivity index is 2.03. The van der Waals surface area contributed by atoms with E-state index in [2.05, 4.69) is 0 Å². The van der Waals surface area contributed by atoms with Gasteiger partial charge in [-0.05, 0) is 31.0 Å². The average Bonchev–Trinajstić information content (AvgIpc) is 2.84. The fourth-order valence-electron chi connectivity index (χ4n) is 2.11. The molecule has 1 amide bonds. The lowest BCUT2D eigenvalue weighted by Crippen LogP contribution is -2.30. The second-order valence-corrected chi connectivity index (χ2v) is 6.38. The summed E-state index contributed by atoms with van der Waals surface area (Å²) in [5.74, 6) is 1.25. The first-order valence-corrected chi connectivity index (χ1v) is 8.39. The number of amides is 1. The molecule has 0 bridgehead atoms. The van der Waals surface area contributed by atoms with Crippen molar-refractivity contribution in [2.45, 2.75) is 13.3 Å². The molecule has 124 valence electrons. The normalized spacial score (nSPS) is 16.1. The molecule has 1 saturated heterocycles. The zero-order chi connectivity index (χ0) is 16.8. The number of nitrogens with zero attached hydrogens (tertiary/aromatic N) is 1. The van der Waals surface area contributed by atoms with Crippen LogP contribution in [0.2, 0.25) is 0 Å². The van der Waals surface area contributed by atoms with Crippen molar-refractivity contribution < 1.29 is 19.0 Å². The third-order valence-corrected chi connectivity index (χ3v) is 4.66. The van der Waals surface area contributed by atoms with Crippen molar-refractivity contribution in [1.82, 2.24) is 4.90 Å². The molecule has 1 aliphatic heterocycles. The van der Waals surface area contributed by atoms with E-state index in [-0.39, 0.29) is 5.91 Å². The molecule has 1 heterocycles. The molecule has 2 rings (SSSR count). The average molecular weight is 353 g/mol. The Morgan fingerprint density at radius 1 is 1.26 bits per heavy atom. The van der Waals surface area contributed by atoms with Crippen LogP contribution in [0.3, 0.4) is 0 Å². The Kier molecular flexibility index (Phi) is 6.29. The maximum atomic E-state index is 12.3. The van der Waals surface area contributed by atoms with Gasteiger partial charge < -0.3 is 14.2 Å². The third kappa shape index (κ3) is 4.17. The molecule has 1 aromatic rings. The van der Waals surface area contributed by atoms with Gasteiger partial charge in [0.2, 0.25) is 0 Å². The van der Waals surface area contributed by atoms with E-state index >= 15 is 0 Å². The monoisotopic (exact) mass is 353 g/mol. The highest BCUT2D eigenvalue weighted by molar-refractivity contribution is 8.26. The summed E-state index contributed by atoms with van der Waals surface area (Å²) in [6.45, 7) is 2.91. The largest absolute Gasteiger partial charge is 0.500 e. The molecule has 0 N–H and O–H groups in total. The molecule has 0 aliphatic carbocycles. The predicted octanol–water partition coefficient (Wildman–Crippen LogP) is 2.98. The first kappa shape index (κ1) is 17.6. The van der Waals surface area contributed by atoms with E-state index in [1.54, 1.807) is 19.1 Å². The summed E-state index contributed by atoms with van der Waals surface area (Å²) in [4.78, 5) is 14.4. The Labute approximate surface area is 145 Å². The summed E-state index contributed by atoms with van der Waals surface area (Å²) >= 11 is 6.55. The number of thiocarbonyl (C=S) groups is 1. The zero-order valence-electron chi connectivity index (χ0n) is 13.3. The molecule has 0 aromatic heterocycles. The van der Waals surface area contributed by atoms with Crippen molar-refractivity contribution in [3.8, 4) is 11.5 Å². The minimum absolute atomic E-state index is 0.103. The number of methoxy groups -OCH3 is 2. The van der Waals surface area contributed by atoms with Gasteiger partial charge in [0, 0.05) is 6.54 Å².